The van der Waals surface area contributed by atoms with Crippen molar-refractivity contribution >= 4 is 27.3 Å². The highest BCUT2D eigenvalue weighted by Gasteiger charge is 2.35. The number of rotatable bonds is 4. The van der Waals surface area contributed by atoms with Gasteiger partial charge in [-0.3, -0.25) is 9.10 Å². The molecule has 0 N–H and O–H groups in total. The van der Waals surface area contributed by atoms with Gasteiger partial charge >= 0.3 is 0 Å². The second-order valence-electron chi connectivity index (χ2n) is 6.08. The number of benzene rings is 2. The van der Waals surface area contributed by atoms with Crippen molar-refractivity contribution in [2.45, 2.75) is 19.4 Å². The Balaban J connectivity index is 1.96. The van der Waals surface area contributed by atoms with Gasteiger partial charge in [0.1, 0.15) is 11.9 Å². The van der Waals surface area contributed by atoms with Crippen LogP contribution in [0.1, 0.15) is 12.5 Å². The zero-order chi connectivity index (χ0) is 18.2. The maximum atomic E-state index is 13.6. The highest BCUT2D eigenvalue weighted by molar-refractivity contribution is 7.92. The Morgan fingerprint density at radius 3 is 2.60 bits per heavy atom. The normalized spacial score (nSPS) is 14.9. The number of sulfonamides is 1. The monoisotopic (exact) mass is 362 g/mol. The summed E-state index contributed by atoms with van der Waals surface area (Å²) >= 11 is 0. The van der Waals surface area contributed by atoms with E-state index in [-0.39, 0.29) is 11.6 Å². The summed E-state index contributed by atoms with van der Waals surface area (Å²) in [5, 5.41) is 0. The zero-order valence-corrected chi connectivity index (χ0v) is 14.8. The van der Waals surface area contributed by atoms with Crippen LogP contribution in [0.4, 0.5) is 15.8 Å². The molecule has 0 aromatic heterocycles. The molecule has 0 unspecified atom stereocenters. The van der Waals surface area contributed by atoms with Crippen molar-refractivity contribution in [3.05, 3.63) is 59.9 Å². The summed E-state index contributed by atoms with van der Waals surface area (Å²) < 4.78 is 39.1. The third kappa shape index (κ3) is 3.37. The van der Waals surface area contributed by atoms with Gasteiger partial charge in [-0.2, -0.15) is 0 Å². The lowest BCUT2D eigenvalue weighted by Gasteiger charge is -2.31. The molecule has 7 heteroatoms. The molecular weight excluding hydrogens is 343 g/mol. The molecule has 0 radical (unpaired) electrons. The largest absolute Gasteiger partial charge is 0.310 e. The summed E-state index contributed by atoms with van der Waals surface area (Å²) in [5.41, 5.74) is 1.99. The Kier molecular flexibility index (Phi) is 4.51. The van der Waals surface area contributed by atoms with Gasteiger partial charge in [0, 0.05) is 12.2 Å². The van der Waals surface area contributed by atoms with Crippen LogP contribution in [0.15, 0.2) is 48.5 Å². The average Bonchev–Trinajstić information content (AvgIpc) is 2.97. The predicted octanol–water partition coefficient (Wildman–Crippen LogP) is 2.57. The lowest BCUT2D eigenvalue weighted by molar-refractivity contribution is -0.119. The Hall–Kier alpha value is -2.41. The van der Waals surface area contributed by atoms with E-state index in [1.165, 1.54) is 25.1 Å². The molecule has 2 aromatic carbocycles. The highest BCUT2D eigenvalue weighted by atomic mass is 32.2. The smallest absolute Gasteiger partial charge is 0.250 e. The maximum Gasteiger partial charge on any atom is 0.250 e. The van der Waals surface area contributed by atoms with Gasteiger partial charge < -0.3 is 4.90 Å². The fourth-order valence-corrected chi connectivity index (χ4v) is 4.37. The number of carbonyl (C=O) groups excluding carboxylic acids is 1. The van der Waals surface area contributed by atoms with Gasteiger partial charge in [-0.1, -0.05) is 24.3 Å². The van der Waals surface area contributed by atoms with E-state index in [1.807, 2.05) is 24.3 Å². The number of hydrogen-bond donors (Lipinski definition) is 0. The predicted molar refractivity (Wildman–Crippen MR) is 95.7 cm³/mol. The van der Waals surface area contributed by atoms with Gasteiger partial charge in [-0.15, -0.1) is 0 Å². The molecule has 0 saturated heterocycles. The molecule has 0 aliphatic carbocycles. The minimum atomic E-state index is -3.77. The Bertz CT molecular complexity index is 914. The van der Waals surface area contributed by atoms with Crippen molar-refractivity contribution in [2.75, 3.05) is 22.0 Å². The first-order chi connectivity index (χ1) is 11.8. The molecule has 1 heterocycles. The van der Waals surface area contributed by atoms with Gasteiger partial charge in [0.2, 0.25) is 10.0 Å². The van der Waals surface area contributed by atoms with Crippen molar-refractivity contribution < 1.29 is 17.6 Å². The summed E-state index contributed by atoms with van der Waals surface area (Å²) in [6, 6.07) is 11.8. The van der Waals surface area contributed by atoms with E-state index in [1.54, 1.807) is 4.90 Å². The summed E-state index contributed by atoms with van der Waals surface area (Å²) in [6.07, 6.45) is 1.74. The van der Waals surface area contributed by atoms with E-state index in [0.29, 0.717) is 6.54 Å². The number of fused-ring (bicyclic) bond motifs is 1. The first-order valence-corrected chi connectivity index (χ1v) is 9.78. The molecule has 2 aromatic rings. The van der Waals surface area contributed by atoms with E-state index in [0.717, 1.165) is 34.3 Å². The molecule has 0 bridgehead atoms. The number of amides is 1. The van der Waals surface area contributed by atoms with Crippen molar-refractivity contribution in [3.63, 3.8) is 0 Å². The van der Waals surface area contributed by atoms with Crippen LogP contribution < -0.4 is 9.21 Å². The van der Waals surface area contributed by atoms with E-state index >= 15 is 0 Å². The standard InChI is InChI=1S/C18H19FN2O3S/c1-13(18(22)20-11-10-14-6-3-4-9-17(14)20)21(25(2,23)24)16-8-5-7-15(19)12-16/h3-9,12-13H,10-11H2,1-2H3/t13-/m1/s1. The van der Waals surface area contributed by atoms with Crippen LogP contribution in [-0.2, 0) is 21.2 Å². The highest BCUT2D eigenvalue weighted by Crippen LogP contribution is 2.30. The van der Waals surface area contributed by atoms with Crippen LogP contribution in [0.2, 0.25) is 0 Å². The summed E-state index contributed by atoms with van der Waals surface area (Å²) in [6.45, 7) is 2.03. The van der Waals surface area contributed by atoms with Crippen molar-refractivity contribution in [2.24, 2.45) is 0 Å². The van der Waals surface area contributed by atoms with Gasteiger partial charge in [-0.25, -0.2) is 12.8 Å². The van der Waals surface area contributed by atoms with Crippen LogP contribution in [0.25, 0.3) is 0 Å². The van der Waals surface area contributed by atoms with E-state index < -0.39 is 21.9 Å². The lowest BCUT2D eigenvalue weighted by atomic mass is 10.2. The van der Waals surface area contributed by atoms with E-state index in [9.17, 15) is 17.6 Å². The second kappa shape index (κ2) is 6.48. The van der Waals surface area contributed by atoms with Crippen molar-refractivity contribution in [1.82, 2.24) is 0 Å². The number of nitrogens with zero attached hydrogens (tertiary/aromatic N) is 2. The molecule has 25 heavy (non-hydrogen) atoms. The molecule has 1 atom stereocenters. The molecule has 5 nitrogen and oxygen atoms in total. The van der Waals surface area contributed by atoms with Crippen LogP contribution in [0.5, 0.6) is 0 Å². The van der Waals surface area contributed by atoms with Crippen molar-refractivity contribution in [1.29, 1.82) is 0 Å². The third-order valence-electron chi connectivity index (χ3n) is 4.28. The zero-order valence-electron chi connectivity index (χ0n) is 14.0. The molecule has 0 fully saturated rings. The second-order valence-corrected chi connectivity index (χ2v) is 7.94. The first-order valence-electron chi connectivity index (χ1n) is 7.93. The Morgan fingerprint density at radius 1 is 1.20 bits per heavy atom. The lowest BCUT2D eigenvalue weighted by Crippen LogP contribution is -2.49. The molecule has 1 aliphatic heterocycles. The molecule has 0 spiro atoms. The number of hydrogen-bond acceptors (Lipinski definition) is 3. The average molecular weight is 362 g/mol. The third-order valence-corrected chi connectivity index (χ3v) is 5.52. The maximum absolute atomic E-state index is 13.6. The van der Waals surface area contributed by atoms with Gasteiger partial charge in [0.15, 0.2) is 0 Å². The van der Waals surface area contributed by atoms with Gasteiger partial charge in [0.25, 0.3) is 5.91 Å². The van der Waals surface area contributed by atoms with E-state index in [2.05, 4.69) is 0 Å². The first kappa shape index (κ1) is 17.4. The molecule has 1 aliphatic rings. The Morgan fingerprint density at radius 2 is 1.92 bits per heavy atom. The van der Waals surface area contributed by atoms with Gasteiger partial charge in [0.05, 0.1) is 11.9 Å². The van der Waals surface area contributed by atoms with E-state index in [4.69, 9.17) is 0 Å². The Labute approximate surface area is 146 Å². The minimum Gasteiger partial charge on any atom is -0.310 e. The van der Waals surface area contributed by atoms with Crippen LogP contribution in [-0.4, -0.2) is 33.2 Å². The number of halogens is 1. The fraction of sp³-hybridized carbons (Fsp3) is 0.278. The summed E-state index contributed by atoms with van der Waals surface area (Å²) in [7, 11) is -3.77. The number of para-hydroxylation sites is 1. The number of carbonyl (C=O) groups is 1. The summed E-state index contributed by atoms with van der Waals surface area (Å²) in [5.74, 6) is -0.892. The molecular formula is C18H19FN2O3S. The quantitative estimate of drug-likeness (QED) is 0.840. The minimum absolute atomic E-state index is 0.135. The van der Waals surface area contributed by atoms with Crippen molar-refractivity contribution in [3.8, 4) is 0 Å². The van der Waals surface area contributed by atoms with Crippen LogP contribution in [0, 0.1) is 5.82 Å². The summed E-state index contributed by atoms with van der Waals surface area (Å²) in [4.78, 5) is 14.6. The number of anilines is 2. The fourth-order valence-electron chi connectivity index (χ4n) is 3.21. The molecule has 3 rings (SSSR count). The molecule has 132 valence electrons. The molecule has 1 amide bonds. The van der Waals surface area contributed by atoms with Crippen LogP contribution >= 0.6 is 0 Å². The topological polar surface area (TPSA) is 57.7 Å². The van der Waals surface area contributed by atoms with Gasteiger partial charge in [-0.05, 0) is 43.2 Å². The molecule has 0 saturated carbocycles. The SMILES string of the molecule is C[C@H](C(=O)N1CCc2ccccc21)N(c1cccc(F)c1)S(C)(=O)=O. The van der Waals surface area contributed by atoms with Crippen LogP contribution in [0.3, 0.4) is 0 Å².